The van der Waals surface area contributed by atoms with E-state index < -0.39 is 5.60 Å². The summed E-state index contributed by atoms with van der Waals surface area (Å²) in [6.45, 7) is 0. The van der Waals surface area contributed by atoms with Crippen molar-refractivity contribution in [2.45, 2.75) is 5.60 Å². The molecule has 0 amide bonds. The van der Waals surface area contributed by atoms with Gasteiger partial charge in [0.25, 0.3) is 0 Å². The molecule has 0 saturated carbocycles. The maximum absolute atomic E-state index is 11.4. The van der Waals surface area contributed by atoms with Crippen molar-refractivity contribution in [3.05, 3.63) is 87.3 Å². The van der Waals surface area contributed by atoms with Crippen LogP contribution in [0.4, 0.5) is 0 Å². The number of aromatic nitrogens is 1. The molecule has 0 aliphatic rings. The van der Waals surface area contributed by atoms with Crippen LogP contribution in [0.3, 0.4) is 0 Å². The molecule has 0 saturated heterocycles. The highest BCUT2D eigenvalue weighted by Gasteiger charge is 2.35. The van der Waals surface area contributed by atoms with E-state index in [9.17, 15) is 5.11 Å². The van der Waals surface area contributed by atoms with Crippen LogP contribution in [0.2, 0.25) is 4.47 Å². The van der Waals surface area contributed by atoms with Crippen molar-refractivity contribution in [1.82, 2.24) is 4.98 Å². The predicted octanol–water partition coefficient (Wildman–Crippen LogP) is 4.08. The van der Waals surface area contributed by atoms with E-state index in [0.717, 1.165) is 11.1 Å². The van der Waals surface area contributed by atoms with E-state index in [0.29, 0.717) is 9.34 Å². The molecule has 1 aromatic heterocycles. The molecule has 2 aromatic carbocycles. The summed E-state index contributed by atoms with van der Waals surface area (Å²) in [5, 5.41) is 11.4. The second-order valence-corrected chi connectivity index (χ2v) is 6.03. The van der Waals surface area contributed by atoms with Gasteiger partial charge in [0, 0.05) is 6.20 Å². The number of thiazole rings is 1. The fourth-order valence-corrected chi connectivity index (χ4v) is 3.30. The van der Waals surface area contributed by atoms with E-state index in [1.807, 2.05) is 60.7 Å². The number of aliphatic hydroxyl groups is 1. The second-order valence-electron chi connectivity index (χ2n) is 4.42. The molecule has 0 unspecified atom stereocenters. The molecule has 20 heavy (non-hydrogen) atoms. The highest BCUT2D eigenvalue weighted by Crippen LogP contribution is 2.39. The van der Waals surface area contributed by atoms with Gasteiger partial charge in [0.1, 0.15) is 0 Å². The van der Waals surface area contributed by atoms with Gasteiger partial charge >= 0.3 is 0 Å². The Balaban J connectivity index is 2.23. The van der Waals surface area contributed by atoms with E-state index in [1.54, 1.807) is 6.20 Å². The first-order valence-electron chi connectivity index (χ1n) is 6.16. The third-order valence-electron chi connectivity index (χ3n) is 3.22. The molecule has 3 aromatic rings. The lowest BCUT2D eigenvalue weighted by Crippen LogP contribution is -2.27. The van der Waals surface area contributed by atoms with Crippen molar-refractivity contribution in [3.8, 4) is 0 Å². The standard InChI is InChI=1S/C16H12ClNOS/c17-15-18-11-14(20-15)16(19,12-7-3-1-4-8-12)13-9-5-2-6-10-13/h1-11,19H. The summed E-state index contributed by atoms with van der Waals surface area (Å²) in [7, 11) is 0. The fourth-order valence-electron chi connectivity index (χ4n) is 2.23. The summed E-state index contributed by atoms with van der Waals surface area (Å²) < 4.78 is 0.422. The molecular formula is C16H12ClNOS. The van der Waals surface area contributed by atoms with Gasteiger partial charge in [-0.25, -0.2) is 4.98 Å². The van der Waals surface area contributed by atoms with Crippen LogP contribution in [0.5, 0.6) is 0 Å². The topological polar surface area (TPSA) is 33.1 Å². The van der Waals surface area contributed by atoms with Gasteiger partial charge in [-0.05, 0) is 11.1 Å². The Morgan fingerprint density at radius 3 is 1.80 bits per heavy atom. The largest absolute Gasteiger partial charge is 0.375 e. The normalized spacial score (nSPS) is 11.5. The van der Waals surface area contributed by atoms with Crippen molar-refractivity contribution >= 4 is 22.9 Å². The van der Waals surface area contributed by atoms with Crippen LogP contribution in [0.1, 0.15) is 16.0 Å². The van der Waals surface area contributed by atoms with Crippen molar-refractivity contribution < 1.29 is 5.11 Å². The average molecular weight is 302 g/mol. The number of hydrogen-bond acceptors (Lipinski definition) is 3. The van der Waals surface area contributed by atoms with E-state index in [-0.39, 0.29) is 0 Å². The number of benzene rings is 2. The molecule has 0 radical (unpaired) electrons. The fraction of sp³-hybridized carbons (Fsp3) is 0.0625. The quantitative estimate of drug-likeness (QED) is 0.790. The zero-order chi connectivity index (χ0) is 14.0. The molecule has 1 heterocycles. The first kappa shape index (κ1) is 13.3. The lowest BCUT2D eigenvalue weighted by molar-refractivity contribution is 0.129. The number of nitrogens with zero attached hydrogens (tertiary/aromatic N) is 1. The Kier molecular flexibility index (Phi) is 3.57. The smallest absolute Gasteiger partial charge is 0.183 e. The Morgan fingerprint density at radius 1 is 0.900 bits per heavy atom. The van der Waals surface area contributed by atoms with Gasteiger partial charge in [-0.3, -0.25) is 0 Å². The summed E-state index contributed by atoms with van der Waals surface area (Å²) in [5.41, 5.74) is 0.367. The van der Waals surface area contributed by atoms with Gasteiger partial charge < -0.3 is 5.11 Å². The molecule has 1 N–H and O–H groups in total. The molecule has 0 fully saturated rings. The summed E-state index contributed by atoms with van der Waals surface area (Å²) in [6, 6.07) is 19.1. The summed E-state index contributed by atoms with van der Waals surface area (Å²) in [6.07, 6.45) is 1.63. The summed E-state index contributed by atoms with van der Waals surface area (Å²) >= 11 is 7.23. The highest BCUT2D eigenvalue weighted by atomic mass is 35.5. The minimum atomic E-state index is -1.23. The molecule has 0 bridgehead atoms. The lowest BCUT2D eigenvalue weighted by Gasteiger charge is -2.27. The van der Waals surface area contributed by atoms with Crippen molar-refractivity contribution in [2.24, 2.45) is 0 Å². The van der Waals surface area contributed by atoms with Crippen LogP contribution in [0.25, 0.3) is 0 Å². The van der Waals surface area contributed by atoms with Gasteiger partial charge in [-0.15, -0.1) is 11.3 Å². The van der Waals surface area contributed by atoms with Crippen molar-refractivity contribution in [1.29, 1.82) is 0 Å². The van der Waals surface area contributed by atoms with Crippen molar-refractivity contribution in [3.63, 3.8) is 0 Å². The van der Waals surface area contributed by atoms with Gasteiger partial charge in [-0.2, -0.15) is 0 Å². The van der Waals surface area contributed by atoms with Gasteiger partial charge in [-0.1, -0.05) is 72.3 Å². The number of halogens is 1. The van der Waals surface area contributed by atoms with Crippen LogP contribution in [-0.4, -0.2) is 10.1 Å². The Hall–Kier alpha value is -1.68. The SMILES string of the molecule is OC(c1ccccc1)(c1ccccc1)c1cnc(Cl)s1. The Morgan fingerprint density at radius 2 is 1.40 bits per heavy atom. The molecule has 2 nitrogen and oxygen atoms in total. The van der Waals surface area contributed by atoms with Crippen LogP contribution in [0.15, 0.2) is 66.9 Å². The third kappa shape index (κ3) is 2.24. The first-order chi connectivity index (χ1) is 9.71. The number of rotatable bonds is 3. The summed E-state index contributed by atoms with van der Waals surface area (Å²) in [5.74, 6) is 0. The lowest BCUT2D eigenvalue weighted by atomic mass is 9.85. The molecular weight excluding hydrogens is 290 g/mol. The van der Waals surface area contributed by atoms with E-state index >= 15 is 0 Å². The zero-order valence-electron chi connectivity index (χ0n) is 10.5. The zero-order valence-corrected chi connectivity index (χ0v) is 12.1. The van der Waals surface area contributed by atoms with Crippen LogP contribution >= 0.6 is 22.9 Å². The first-order valence-corrected chi connectivity index (χ1v) is 7.36. The minimum Gasteiger partial charge on any atom is -0.375 e. The maximum Gasteiger partial charge on any atom is 0.183 e. The van der Waals surface area contributed by atoms with Gasteiger partial charge in [0.05, 0.1) is 4.88 Å². The maximum atomic E-state index is 11.4. The van der Waals surface area contributed by atoms with Gasteiger partial charge in [0.2, 0.25) is 0 Å². The molecule has 0 aliphatic carbocycles. The van der Waals surface area contributed by atoms with Crippen LogP contribution in [-0.2, 0) is 5.60 Å². The van der Waals surface area contributed by atoms with E-state index in [1.165, 1.54) is 11.3 Å². The summed E-state index contributed by atoms with van der Waals surface area (Å²) in [4.78, 5) is 4.77. The monoisotopic (exact) mass is 301 g/mol. The van der Waals surface area contributed by atoms with E-state index in [2.05, 4.69) is 4.98 Å². The second kappa shape index (κ2) is 5.37. The molecule has 0 aliphatic heterocycles. The molecule has 0 atom stereocenters. The Labute approximate surface area is 126 Å². The molecule has 100 valence electrons. The third-order valence-corrected chi connectivity index (χ3v) is 4.44. The van der Waals surface area contributed by atoms with Crippen molar-refractivity contribution in [2.75, 3.05) is 0 Å². The molecule has 0 spiro atoms. The van der Waals surface area contributed by atoms with E-state index in [4.69, 9.17) is 11.6 Å². The minimum absolute atomic E-state index is 0.422. The molecule has 4 heteroatoms. The van der Waals surface area contributed by atoms with Gasteiger partial charge in [0.15, 0.2) is 10.1 Å². The molecule has 3 rings (SSSR count). The number of hydrogen-bond donors (Lipinski definition) is 1. The highest BCUT2D eigenvalue weighted by molar-refractivity contribution is 7.15. The Bertz CT molecular complexity index is 657. The van der Waals surface area contributed by atoms with Crippen LogP contribution in [0, 0.1) is 0 Å². The predicted molar refractivity (Wildman–Crippen MR) is 82.1 cm³/mol. The average Bonchev–Trinajstić information content (AvgIpc) is 2.95. The van der Waals surface area contributed by atoms with Crippen LogP contribution < -0.4 is 0 Å².